The molecule has 2 saturated heterocycles. The van der Waals surface area contributed by atoms with E-state index < -0.39 is 11.2 Å². The Kier molecular flexibility index (Phi) is 7.08. The van der Waals surface area contributed by atoms with Gasteiger partial charge in [0.25, 0.3) is 0 Å². The highest BCUT2D eigenvalue weighted by atomic mass is 32.2. The Bertz CT molecular complexity index is 589. The van der Waals surface area contributed by atoms with Crippen molar-refractivity contribution in [2.75, 3.05) is 0 Å². The zero-order chi connectivity index (χ0) is 22.5. The number of fused-ring (bicyclic) bond motifs is 4. The van der Waals surface area contributed by atoms with Crippen LogP contribution in [0.5, 0.6) is 0 Å². The van der Waals surface area contributed by atoms with Crippen LogP contribution in [0.15, 0.2) is 0 Å². The van der Waals surface area contributed by atoms with Gasteiger partial charge in [0, 0.05) is 51.6 Å². The number of rotatable bonds is 2. The second-order valence-electron chi connectivity index (χ2n) is 12.5. The smallest absolute Gasteiger partial charge is 0.0676 e. The van der Waals surface area contributed by atoms with E-state index in [1.807, 2.05) is 0 Å². The fourth-order valence-corrected chi connectivity index (χ4v) is 11.9. The lowest BCUT2D eigenvalue weighted by molar-refractivity contribution is -0.0787. The zero-order valence-corrected chi connectivity index (χ0v) is 22.0. The Morgan fingerprint density at radius 2 is 0.879 bits per heavy atom. The highest BCUT2D eigenvalue weighted by Gasteiger charge is 2.48. The van der Waals surface area contributed by atoms with E-state index in [9.17, 15) is 10.2 Å². The number of thioether (sulfide) groups is 2. The van der Waals surface area contributed by atoms with Crippen molar-refractivity contribution in [2.24, 2.45) is 0 Å². The van der Waals surface area contributed by atoms with Crippen molar-refractivity contribution in [3.8, 4) is 0 Å². The minimum Gasteiger partial charge on any atom is -0.390 e. The SMILES string of the molecule is OC1(CC2(O)CCC3NC4CCCCC4SC3CC2)CCC2NC3CCCCC3SC2CC1. The van der Waals surface area contributed by atoms with E-state index in [0.717, 1.165) is 61.9 Å². The Hall–Kier alpha value is 0.540. The van der Waals surface area contributed by atoms with Crippen LogP contribution >= 0.6 is 23.5 Å². The first-order chi connectivity index (χ1) is 16.0. The molecule has 188 valence electrons. The van der Waals surface area contributed by atoms with Crippen LogP contribution in [0.25, 0.3) is 0 Å². The van der Waals surface area contributed by atoms with Gasteiger partial charge in [0.15, 0.2) is 0 Å². The van der Waals surface area contributed by atoms with Crippen LogP contribution in [-0.2, 0) is 0 Å². The van der Waals surface area contributed by atoms with Crippen LogP contribution in [0.1, 0.15) is 109 Å². The van der Waals surface area contributed by atoms with Crippen molar-refractivity contribution in [2.45, 2.75) is 166 Å². The predicted octanol–water partition coefficient (Wildman–Crippen LogP) is 4.76. The van der Waals surface area contributed by atoms with Gasteiger partial charge in [-0.3, -0.25) is 0 Å². The zero-order valence-electron chi connectivity index (χ0n) is 20.4. The second-order valence-corrected chi connectivity index (χ2v) is 15.5. The van der Waals surface area contributed by atoms with Gasteiger partial charge in [-0.2, -0.15) is 23.5 Å². The number of nitrogens with one attached hydrogen (secondary N) is 2. The lowest BCUT2D eigenvalue weighted by atomic mass is 9.78. The van der Waals surface area contributed by atoms with Gasteiger partial charge in [0.2, 0.25) is 0 Å². The molecular formula is C27H46N2O2S2. The first-order valence-corrected chi connectivity index (χ1v) is 16.2. The van der Waals surface area contributed by atoms with Crippen molar-refractivity contribution >= 4 is 23.5 Å². The van der Waals surface area contributed by atoms with E-state index in [4.69, 9.17) is 0 Å². The minimum absolute atomic E-state index is 0.555. The normalized spacial score (nSPS) is 52.9. The maximum Gasteiger partial charge on any atom is 0.0676 e. The van der Waals surface area contributed by atoms with Crippen LogP contribution in [0.4, 0.5) is 0 Å². The molecule has 10 unspecified atom stereocenters. The molecule has 0 bridgehead atoms. The lowest BCUT2D eigenvalue weighted by Crippen LogP contribution is -2.54. The number of hydrogen-bond acceptors (Lipinski definition) is 6. The Balaban J connectivity index is 1.08. The van der Waals surface area contributed by atoms with Crippen molar-refractivity contribution in [1.82, 2.24) is 10.6 Å². The van der Waals surface area contributed by atoms with Crippen LogP contribution in [0.2, 0.25) is 0 Å². The second kappa shape index (κ2) is 9.78. The summed E-state index contributed by atoms with van der Waals surface area (Å²) in [5.41, 5.74) is -1.38. The lowest BCUT2D eigenvalue weighted by Gasteiger charge is -2.44. The molecule has 0 amide bonds. The molecule has 2 aliphatic heterocycles. The average molecular weight is 495 g/mol. The van der Waals surface area contributed by atoms with E-state index in [0.29, 0.717) is 41.1 Å². The van der Waals surface area contributed by atoms with Gasteiger partial charge in [-0.1, -0.05) is 25.7 Å². The topological polar surface area (TPSA) is 64.5 Å². The molecule has 6 aliphatic rings. The van der Waals surface area contributed by atoms with E-state index in [-0.39, 0.29) is 0 Å². The summed E-state index contributed by atoms with van der Waals surface area (Å²) < 4.78 is 0. The van der Waals surface area contributed by atoms with E-state index >= 15 is 0 Å². The molecule has 0 aromatic rings. The van der Waals surface area contributed by atoms with Crippen LogP contribution in [-0.4, -0.2) is 66.6 Å². The summed E-state index contributed by atoms with van der Waals surface area (Å²) in [5, 5.41) is 34.4. The maximum absolute atomic E-state index is 11.8. The summed E-state index contributed by atoms with van der Waals surface area (Å²) in [4.78, 5) is 0. The molecule has 6 heteroatoms. The summed E-state index contributed by atoms with van der Waals surface area (Å²) in [6.45, 7) is 0. The third-order valence-electron chi connectivity index (χ3n) is 10.1. The molecule has 0 aromatic heterocycles. The minimum atomic E-state index is -0.691. The van der Waals surface area contributed by atoms with Gasteiger partial charge in [-0.05, 0) is 77.0 Å². The first kappa shape index (κ1) is 23.9. The number of aliphatic hydroxyl groups is 2. The third kappa shape index (κ3) is 5.18. The molecule has 4 saturated carbocycles. The highest BCUT2D eigenvalue weighted by Crippen LogP contribution is 2.47. The largest absolute Gasteiger partial charge is 0.390 e. The predicted molar refractivity (Wildman–Crippen MR) is 140 cm³/mol. The molecular weight excluding hydrogens is 448 g/mol. The summed E-state index contributed by atoms with van der Waals surface area (Å²) in [6, 6.07) is 2.50. The van der Waals surface area contributed by atoms with Gasteiger partial charge in [0.05, 0.1) is 11.2 Å². The Labute approximate surface area is 209 Å². The van der Waals surface area contributed by atoms with Gasteiger partial charge in [-0.25, -0.2) is 0 Å². The van der Waals surface area contributed by atoms with Gasteiger partial charge >= 0.3 is 0 Å². The van der Waals surface area contributed by atoms with Crippen molar-refractivity contribution in [1.29, 1.82) is 0 Å². The van der Waals surface area contributed by atoms with E-state index in [1.54, 1.807) is 0 Å². The Morgan fingerprint density at radius 3 is 1.36 bits per heavy atom. The van der Waals surface area contributed by atoms with Gasteiger partial charge in [-0.15, -0.1) is 0 Å². The van der Waals surface area contributed by atoms with Crippen LogP contribution < -0.4 is 10.6 Å². The van der Waals surface area contributed by atoms with Gasteiger partial charge < -0.3 is 20.8 Å². The molecule has 6 rings (SSSR count). The molecule has 4 nitrogen and oxygen atoms in total. The maximum atomic E-state index is 11.8. The molecule has 0 radical (unpaired) electrons. The van der Waals surface area contributed by atoms with Crippen molar-refractivity contribution in [3.63, 3.8) is 0 Å². The molecule has 6 fully saturated rings. The summed E-state index contributed by atoms with van der Waals surface area (Å²) in [6.07, 6.45) is 19.3. The van der Waals surface area contributed by atoms with Gasteiger partial charge in [0.1, 0.15) is 0 Å². The Morgan fingerprint density at radius 1 is 0.515 bits per heavy atom. The molecule has 4 aliphatic carbocycles. The molecule has 33 heavy (non-hydrogen) atoms. The molecule has 0 aromatic carbocycles. The molecule has 10 atom stereocenters. The highest BCUT2D eigenvalue weighted by molar-refractivity contribution is 8.00. The fraction of sp³-hybridized carbons (Fsp3) is 1.00. The molecule has 2 heterocycles. The molecule has 4 N–H and O–H groups in total. The molecule has 0 spiro atoms. The summed E-state index contributed by atoms with van der Waals surface area (Å²) >= 11 is 4.48. The van der Waals surface area contributed by atoms with Crippen LogP contribution in [0, 0.1) is 0 Å². The van der Waals surface area contributed by atoms with Crippen molar-refractivity contribution in [3.05, 3.63) is 0 Å². The quantitative estimate of drug-likeness (QED) is 0.444. The monoisotopic (exact) mass is 494 g/mol. The van der Waals surface area contributed by atoms with Crippen molar-refractivity contribution < 1.29 is 10.2 Å². The summed E-state index contributed by atoms with van der Waals surface area (Å²) in [5.74, 6) is 0. The van der Waals surface area contributed by atoms with Crippen LogP contribution in [0.3, 0.4) is 0 Å². The fourth-order valence-electron chi connectivity index (χ4n) is 8.27. The first-order valence-electron chi connectivity index (χ1n) is 14.3. The average Bonchev–Trinajstić information content (AvgIpc) is 3.08. The van der Waals surface area contributed by atoms with E-state index in [2.05, 4.69) is 34.2 Å². The standard InChI is InChI=1S/C27H46N2O2S2/c30-26(13-9-20-24(11-15-26)32-22-7-3-1-5-18(22)28-20)17-27(31)14-10-21-25(12-16-27)33-23-8-4-2-6-19(23)29-21/h18-25,28-31H,1-17H2. The summed E-state index contributed by atoms with van der Waals surface area (Å²) in [7, 11) is 0. The number of hydrogen-bond donors (Lipinski definition) is 4. The van der Waals surface area contributed by atoms with E-state index in [1.165, 1.54) is 51.4 Å². The third-order valence-corrected chi connectivity index (χ3v) is 13.8.